The molecule has 0 aliphatic carbocycles. The average molecular weight is 326 g/mol. The van der Waals surface area contributed by atoms with Crippen molar-refractivity contribution in [3.63, 3.8) is 0 Å². The van der Waals surface area contributed by atoms with Crippen LogP contribution in [0.2, 0.25) is 0 Å². The zero-order valence-corrected chi connectivity index (χ0v) is 13.3. The molecule has 3 heterocycles. The first-order valence-electron chi connectivity index (χ1n) is 8.25. The molecule has 5 nitrogen and oxygen atoms in total. The lowest BCUT2D eigenvalue weighted by Gasteiger charge is -2.39. The fourth-order valence-corrected chi connectivity index (χ4v) is 3.77. The van der Waals surface area contributed by atoms with Gasteiger partial charge in [0.1, 0.15) is 0 Å². The molecule has 1 amide bonds. The standard InChI is InChI=1S/C18H19FN4O/c19-14-11-20-17(21-12-14)23-8-6-18(7-9-23)10-15(16(24)22-18)13-4-2-1-3-5-13/h1-5,11-12,15H,6-10H2,(H,22,24). The summed E-state index contributed by atoms with van der Waals surface area (Å²) in [6.45, 7) is 1.51. The van der Waals surface area contributed by atoms with E-state index in [1.54, 1.807) is 0 Å². The molecule has 124 valence electrons. The second kappa shape index (κ2) is 5.85. The van der Waals surface area contributed by atoms with Crippen LogP contribution in [0.25, 0.3) is 0 Å². The number of hydrogen-bond acceptors (Lipinski definition) is 4. The van der Waals surface area contributed by atoms with E-state index in [0.717, 1.165) is 37.9 Å². The number of piperidine rings is 1. The fourth-order valence-electron chi connectivity index (χ4n) is 3.77. The van der Waals surface area contributed by atoms with Crippen LogP contribution >= 0.6 is 0 Å². The Morgan fingerprint density at radius 3 is 2.46 bits per heavy atom. The highest BCUT2D eigenvalue weighted by atomic mass is 19.1. The Kier molecular flexibility index (Phi) is 3.67. The average Bonchev–Trinajstić information content (AvgIpc) is 2.93. The van der Waals surface area contributed by atoms with E-state index in [-0.39, 0.29) is 17.4 Å². The van der Waals surface area contributed by atoms with Crippen molar-refractivity contribution in [1.29, 1.82) is 0 Å². The third-order valence-corrected chi connectivity index (χ3v) is 5.11. The minimum Gasteiger partial charge on any atom is -0.350 e. The van der Waals surface area contributed by atoms with Crippen molar-refractivity contribution in [3.05, 3.63) is 54.1 Å². The van der Waals surface area contributed by atoms with Crippen molar-refractivity contribution in [1.82, 2.24) is 15.3 Å². The number of nitrogens with zero attached hydrogens (tertiary/aromatic N) is 3. The second-order valence-corrected chi connectivity index (χ2v) is 6.63. The first kappa shape index (κ1) is 15.1. The monoisotopic (exact) mass is 326 g/mol. The van der Waals surface area contributed by atoms with Gasteiger partial charge >= 0.3 is 0 Å². The first-order chi connectivity index (χ1) is 11.7. The lowest BCUT2D eigenvalue weighted by molar-refractivity contribution is -0.121. The second-order valence-electron chi connectivity index (χ2n) is 6.63. The summed E-state index contributed by atoms with van der Waals surface area (Å²) in [5, 5.41) is 3.23. The van der Waals surface area contributed by atoms with Crippen molar-refractivity contribution in [2.45, 2.75) is 30.7 Å². The van der Waals surface area contributed by atoms with Crippen LogP contribution in [0.15, 0.2) is 42.7 Å². The van der Waals surface area contributed by atoms with E-state index in [1.165, 1.54) is 12.4 Å². The zero-order valence-electron chi connectivity index (χ0n) is 13.3. The summed E-state index contributed by atoms with van der Waals surface area (Å²) in [4.78, 5) is 22.6. The highest BCUT2D eigenvalue weighted by Crippen LogP contribution is 2.39. The Morgan fingerprint density at radius 1 is 1.12 bits per heavy atom. The van der Waals surface area contributed by atoms with Crippen molar-refractivity contribution in [2.75, 3.05) is 18.0 Å². The molecule has 0 radical (unpaired) electrons. The van der Waals surface area contributed by atoms with Crippen molar-refractivity contribution in [2.24, 2.45) is 0 Å². The Balaban J connectivity index is 1.45. The number of aromatic nitrogens is 2. The van der Waals surface area contributed by atoms with Gasteiger partial charge < -0.3 is 10.2 Å². The van der Waals surface area contributed by atoms with Crippen molar-refractivity contribution >= 4 is 11.9 Å². The molecule has 2 aromatic rings. The van der Waals surface area contributed by atoms with Crippen LogP contribution < -0.4 is 10.2 Å². The topological polar surface area (TPSA) is 58.1 Å². The quantitative estimate of drug-likeness (QED) is 0.920. The van der Waals surface area contributed by atoms with Gasteiger partial charge in [-0.3, -0.25) is 4.79 Å². The van der Waals surface area contributed by atoms with Crippen LogP contribution in [0, 0.1) is 5.82 Å². The Bertz CT molecular complexity index is 726. The lowest BCUT2D eigenvalue weighted by atomic mass is 9.82. The molecule has 24 heavy (non-hydrogen) atoms. The first-order valence-corrected chi connectivity index (χ1v) is 8.25. The van der Waals surface area contributed by atoms with Crippen LogP contribution in [-0.2, 0) is 4.79 Å². The van der Waals surface area contributed by atoms with E-state index < -0.39 is 5.82 Å². The van der Waals surface area contributed by atoms with Crippen LogP contribution in [0.4, 0.5) is 10.3 Å². The summed E-state index contributed by atoms with van der Waals surface area (Å²) in [6, 6.07) is 9.95. The molecule has 1 spiro atoms. The summed E-state index contributed by atoms with van der Waals surface area (Å²) in [6.07, 6.45) is 4.91. The molecule has 6 heteroatoms. The van der Waals surface area contributed by atoms with Gasteiger partial charge in [0.25, 0.3) is 0 Å². The smallest absolute Gasteiger partial charge is 0.228 e. The highest BCUT2D eigenvalue weighted by molar-refractivity contribution is 5.87. The summed E-state index contributed by atoms with van der Waals surface area (Å²) in [7, 11) is 0. The number of carbonyl (C=O) groups excluding carboxylic acids is 1. The SMILES string of the molecule is O=C1NC2(CCN(c3ncc(F)cn3)CC2)CC1c1ccccc1. The van der Waals surface area contributed by atoms with E-state index in [1.807, 2.05) is 35.2 Å². The predicted octanol–water partition coefficient (Wildman–Crippen LogP) is 2.26. The molecule has 1 unspecified atom stereocenters. The summed E-state index contributed by atoms with van der Waals surface area (Å²) in [5.41, 5.74) is 0.935. The van der Waals surface area contributed by atoms with Crippen LogP contribution in [0.3, 0.4) is 0 Å². The van der Waals surface area contributed by atoms with Crippen LogP contribution in [0.5, 0.6) is 0 Å². The van der Waals surface area contributed by atoms with Gasteiger partial charge in [-0.05, 0) is 24.8 Å². The maximum atomic E-state index is 13.0. The lowest BCUT2D eigenvalue weighted by Crippen LogP contribution is -2.51. The van der Waals surface area contributed by atoms with Gasteiger partial charge in [0.2, 0.25) is 11.9 Å². The van der Waals surface area contributed by atoms with E-state index in [9.17, 15) is 9.18 Å². The number of benzene rings is 1. The van der Waals surface area contributed by atoms with Gasteiger partial charge in [-0.2, -0.15) is 0 Å². The number of hydrogen-bond donors (Lipinski definition) is 1. The van der Waals surface area contributed by atoms with E-state index in [0.29, 0.717) is 5.95 Å². The van der Waals surface area contributed by atoms with E-state index in [4.69, 9.17) is 0 Å². The van der Waals surface area contributed by atoms with Crippen molar-refractivity contribution in [3.8, 4) is 0 Å². The maximum absolute atomic E-state index is 13.0. The van der Waals surface area contributed by atoms with E-state index >= 15 is 0 Å². The molecule has 1 N–H and O–H groups in total. The predicted molar refractivity (Wildman–Crippen MR) is 88.1 cm³/mol. The van der Waals surface area contributed by atoms with Crippen LogP contribution in [-0.4, -0.2) is 34.5 Å². The number of halogens is 1. The molecular weight excluding hydrogens is 307 g/mol. The Hall–Kier alpha value is -2.50. The minimum absolute atomic E-state index is 0.0696. The number of rotatable bonds is 2. The normalized spacial score (nSPS) is 22.6. The summed E-state index contributed by atoms with van der Waals surface area (Å²) in [5.74, 6) is 0.170. The summed E-state index contributed by atoms with van der Waals surface area (Å²) < 4.78 is 13.0. The maximum Gasteiger partial charge on any atom is 0.228 e. The van der Waals surface area contributed by atoms with Gasteiger partial charge in [0.15, 0.2) is 5.82 Å². The van der Waals surface area contributed by atoms with E-state index in [2.05, 4.69) is 15.3 Å². The molecule has 1 atom stereocenters. The van der Waals surface area contributed by atoms with Gasteiger partial charge in [-0.25, -0.2) is 14.4 Å². The molecular formula is C18H19FN4O. The number of anilines is 1. The zero-order chi connectivity index (χ0) is 16.6. The Labute approximate surface area is 139 Å². The molecule has 0 saturated carbocycles. The molecule has 2 saturated heterocycles. The largest absolute Gasteiger partial charge is 0.350 e. The molecule has 1 aromatic carbocycles. The number of nitrogens with one attached hydrogen (secondary N) is 1. The van der Waals surface area contributed by atoms with Crippen LogP contribution in [0.1, 0.15) is 30.7 Å². The number of carbonyl (C=O) groups is 1. The molecule has 2 aliphatic heterocycles. The molecule has 4 rings (SSSR count). The number of amides is 1. The van der Waals surface area contributed by atoms with Gasteiger partial charge in [-0.15, -0.1) is 0 Å². The molecule has 0 bridgehead atoms. The molecule has 2 aliphatic rings. The fraction of sp³-hybridized carbons (Fsp3) is 0.389. The third-order valence-electron chi connectivity index (χ3n) is 5.11. The van der Waals surface area contributed by atoms with Gasteiger partial charge in [-0.1, -0.05) is 30.3 Å². The van der Waals surface area contributed by atoms with Gasteiger partial charge in [0, 0.05) is 18.6 Å². The minimum atomic E-state index is -0.430. The van der Waals surface area contributed by atoms with Gasteiger partial charge in [0.05, 0.1) is 18.3 Å². The molecule has 2 fully saturated rings. The van der Waals surface area contributed by atoms with Crippen molar-refractivity contribution < 1.29 is 9.18 Å². The Morgan fingerprint density at radius 2 is 1.79 bits per heavy atom. The highest BCUT2D eigenvalue weighted by Gasteiger charge is 2.46. The third kappa shape index (κ3) is 2.72. The molecule has 1 aromatic heterocycles. The summed E-state index contributed by atoms with van der Waals surface area (Å²) >= 11 is 0.